The molecule has 4 heterocycles. The summed E-state index contributed by atoms with van der Waals surface area (Å²) in [6, 6.07) is 4.96. The fourth-order valence-electron chi connectivity index (χ4n) is 4.76. The number of nitrogens with one attached hydrogen (secondary N) is 1. The summed E-state index contributed by atoms with van der Waals surface area (Å²) in [5.41, 5.74) is 0.592. The summed E-state index contributed by atoms with van der Waals surface area (Å²) in [6.07, 6.45) is 0. The zero-order valence-electron chi connectivity index (χ0n) is 19.6. The number of benzene rings is 1. The lowest BCUT2D eigenvalue weighted by Gasteiger charge is -2.30. The van der Waals surface area contributed by atoms with Crippen LogP contribution in [-0.4, -0.2) is 95.4 Å². The van der Waals surface area contributed by atoms with Crippen molar-refractivity contribution >= 4 is 46.8 Å². The van der Waals surface area contributed by atoms with Gasteiger partial charge in [0, 0.05) is 23.9 Å². The summed E-state index contributed by atoms with van der Waals surface area (Å²) in [6.45, 7) is 1.02. The summed E-state index contributed by atoms with van der Waals surface area (Å²) in [5, 5.41) is 8.81. The highest BCUT2D eigenvalue weighted by Crippen LogP contribution is 2.53. The van der Waals surface area contributed by atoms with E-state index in [1.807, 2.05) is 0 Å². The van der Waals surface area contributed by atoms with Gasteiger partial charge in [-0.15, -0.1) is 0 Å². The van der Waals surface area contributed by atoms with Crippen LogP contribution < -0.4 is 14.3 Å². The Kier molecular flexibility index (Phi) is 6.96. The van der Waals surface area contributed by atoms with Crippen LogP contribution in [-0.2, 0) is 23.9 Å². The molecule has 3 amide bonds. The van der Waals surface area contributed by atoms with Gasteiger partial charge in [-0.1, -0.05) is 29.2 Å². The maximum absolute atomic E-state index is 13.3. The van der Waals surface area contributed by atoms with Crippen molar-refractivity contribution in [2.75, 3.05) is 46.6 Å². The van der Waals surface area contributed by atoms with E-state index in [9.17, 15) is 29.1 Å². The minimum atomic E-state index is -1.29. The molecular formula is C23H23N3O9S2. The third kappa shape index (κ3) is 4.71. The molecule has 2 unspecified atom stereocenters. The molecule has 5 rings (SSSR count). The summed E-state index contributed by atoms with van der Waals surface area (Å²) in [4.78, 5) is 67.6. The van der Waals surface area contributed by atoms with Crippen LogP contribution in [0.4, 0.5) is 0 Å². The molecule has 2 N–H and O–H groups in total. The van der Waals surface area contributed by atoms with E-state index in [-0.39, 0.29) is 17.4 Å². The SMILES string of the molecule is COc1cc([C@@H]2c3sc(=O)[nH]c3SC3C(=O)N(CC(=O)O)C(=O)C32)ccc1OCC(=O)N1CCOCC1. The first kappa shape index (κ1) is 25.3. The van der Waals surface area contributed by atoms with Gasteiger partial charge in [0.2, 0.25) is 11.8 Å². The summed E-state index contributed by atoms with van der Waals surface area (Å²) >= 11 is 2.02. The molecule has 0 bridgehead atoms. The number of morpholine rings is 1. The number of ether oxygens (including phenoxy) is 3. The lowest BCUT2D eigenvalue weighted by molar-refractivity contribution is -0.149. The normalized spacial score (nSPS) is 23.0. The second-order valence-electron chi connectivity index (χ2n) is 8.60. The maximum Gasteiger partial charge on any atom is 0.323 e. The molecule has 2 aromatic rings. The van der Waals surface area contributed by atoms with Crippen LogP contribution in [0.2, 0.25) is 0 Å². The number of nitrogens with zero attached hydrogens (tertiary/aromatic N) is 2. The van der Waals surface area contributed by atoms with Gasteiger partial charge in [-0.05, 0) is 17.7 Å². The second kappa shape index (κ2) is 10.2. The van der Waals surface area contributed by atoms with Crippen molar-refractivity contribution in [2.45, 2.75) is 16.2 Å². The van der Waals surface area contributed by atoms with E-state index in [2.05, 4.69) is 4.98 Å². The van der Waals surface area contributed by atoms with Crippen molar-refractivity contribution < 1.29 is 38.5 Å². The average molecular weight is 550 g/mol. The molecular weight excluding hydrogens is 526 g/mol. The highest BCUT2D eigenvalue weighted by Gasteiger charge is 2.56. The number of aliphatic carboxylic acids is 1. The van der Waals surface area contributed by atoms with Gasteiger partial charge in [-0.3, -0.25) is 28.9 Å². The van der Waals surface area contributed by atoms with Crippen molar-refractivity contribution in [3.8, 4) is 11.5 Å². The minimum absolute atomic E-state index is 0.183. The molecule has 1 aromatic heterocycles. The van der Waals surface area contributed by atoms with Crippen LogP contribution in [0.5, 0.6) is 11.5 Å². The Morgan fingerprint density at radius 3 is 2.62 bits per heavy atom. The maximum atomic E-state index is 13.3. The zero-order chi connectivity index (χ0) is 26.3. The first-order valence-electron chi connectivity index (χ1n) is 11.4. The van der Waals surface area contributed by atoms with Gasteiger partial charge in [0.15, 0.2) is 18.1 Å². The van der Waals surface area contributed by atoms with E-state index in [1.54, 1.807) is 23.1 Å². The predicted molar refractivity (Wildman–Crippen MR) is 130 cm³/mol. The van der Waals surface area contributed by atoms with Crippen LogP contribution in [0.15, 0.2) is 28.0 Å². The van der Waals surface area contributed by atoms with Crippen LogP contribution in [0.3, 0.4) is 0 Å². The van der Waals surface area contributed by atoms with E-state index in [0.717, 1.165) is 28.0 Å². The van der Waals surface area contributed by atoms with E-state index >= 15 is 0 Å². The number of aromatic nitrogens is 1. The number of hydrogen-bond acceptors (Lipinski definition) is 10. The van der Waals surface area contributed by atoms with Crippen LogP contribution in [0.25, 0.3) is 0 Å². The smallest absolute Gasteiger partial charge is 0.323 e. The fraction of sp³-hybridized carbons (Fsp3) is 0.435. The molecule has 3 aliphatic rings. The lowest BCUT2D eigenvalue weighted by Crippen LogP contribution is -2.43. The first-order chi connectivity index (χ1) is 17.8. The van der Waals surface area contributed by atoms with Gasteiger partial charge < -0.3 is 29.2 Å². The molecule has 0 radical (unpaired) electrons. The monoisotopic (exact) mass is 549 g/mol. The zero-order valence-corrected chi connectivity index (χ0v) is 21.3. The molecule has 0 spiro atoms. The number of aromatic amines is 1. The second-order valence-corrected chi connectivity index (χ2v) is 10.8. The van der Waals surface area contributed by atoms with Crippen LogP contribution in [0.1, 0.15) is 16.4 Å². The number of carbonyl (C=O) groups is 4. The number of likely N-dealkylation sites (tertiary alicyclic amines) is 1. The van der Waals surface area contributed by atoms with E-state index in [4.69, 9.17) is 14.2 Å². The standard InChI is InChI=1S/C23H23N3O9S2/c1-33-13-8-11(2-3-12(13)35-10-14(27)25-4-6-34-7-5-25)16-17-19(36-20-18(16)37-23(32)24-20)22(31)26(21(17)30)9-15(28)29/h2-3,8,16-17,19H,4-7,9-10H2,1H3,(H,24,32)(H,28,29)/t16-,17?,19?/m0/s1. The molecule has 2 saturated heterocycles. The van der Waals surface area contributed by atoms with Gasteiger partial charge in [0.05, 0.1) is 31.3 Å². The molecule has 14 heteroatoms. The number of thiazole rings is 1. The molecule has 3 aliphatic heterocycles. The number of imide groups is 1. The van der Waals surface area contributed by atoms with Crippen molar-refractivity contribution in [1.29, 1.82) is 0 Å². The number of hydrogen-bond donors (Lipinski definition) is 2. The average Bonchev–Trinajstić information content (AvgIpc) is 3.38. The Morgan fingerprint density at radius 1 is 1.16 bits per heavy atom. The topological polar surface area (TPSA) is 156 Å². The molecule has 12 nitrogen and oxygen atoms in total. The molecule has 0 saturated carbocycles. The molecule has 37 heavy (non-hydrogen) atoms. The van der Waals surface area contributed by atoms with Gasteiger partial charge >= 0.3 is 10.8 Å². The Bertz CT molecular complexity index is 1320. The number of carbonyl (C=O) groups excluding carboxylic acids is 3. The summed E-state index contributed by atoms with van der Waals surface area (Å²) < 4.78 is 16.5. The number of carboxylic acid groups (broad SMARTS) is 1. The highest BCUT2D eigenvalue weighted by atomic mass is 32.2. The number of amides is 3. The first-order valence-corrected chi connectivity index (χ1v) is 13.1. The van der Waals surface area contributed by atoms with Crippen molar-refractivity contribution in [3.05, 3.63) is 38.3 Å². The molecule has 0 aliphatic carbocycles. The van der Waals surface area contributed by atoms with E-state index in [1.165, 1.54) is 7.11 Å². The van der Waals surface area contributed by atoms with E-state index < -0.39 is 41.4 Å². The van der Waals surface area contributed by atoms with Crippen LogP contribution in [0, 0.1) is 5.92 Å². The third-order valence-corrected chi connectivity index (χ3v) is 8.87. The Hall–Kier alpha value is -3.36. The number of carboxylic acids is 1. The summed E-state index contributed by atoms with van der Waals surface area (Å²) in [5.74, 6) is -3.62. The Morgan fingerprint density at radius 2 is 1.92 bits per heavy atom. The lowest BCUT2D eigenvalue weighted by atomic mass is 9.83. The highest BCUT2D eigenvalue weighted by molar-refractivity contribution is 8.00. The number of rotatable bonds is 7. The Labute approximate surface area is 218 Å². The molecule has 1 aromatic carbocycles. The number of thioether (sulfide) groups is 1. The Balaban J connectivity index is 1.45. The van der Waals surface area contributed by atoms with E-state index in [0.29, 0.717) is 53.3 Å². The fourth-order valence-corrected chi connectivity index (χ4v) is 7.30. The predicted octanol–water partition coefficient (Wildman–Crippen LogP) is 0.358. The van der Waals surface area contributed by atoms with Gasteiger partial charge in [0.1, 0.15) is 11.8 Å². The third-order valence-electron chi connectivity index (χ3n) is 6.47. The van der Waals surface area contributed by atoms with Crippen molar-refractivity contribution in [3.63, 3.8) is 0 Å². The number of methoxy groups -OCH3 is 1. The van der Waals surface area contributed by atoms with Gasteiger partial charge in [-0.2, -0.15) is 0 Å². The number of fused-ring (bicyclic) bond motifs is 2. The van der Waals surface area contributed by atoms with Crippen LogP contribution >= 0.6 is 23.1 Å². The molecule has 196 valence electrons. The number of H-pyrrole nitrogens is 1. The summed E-state index contributed by atoms with van der Waals surface area (Å²) in [7, 11) is 1.44. The van der Waals surface area contributed by atoms with Gasteiger partial charge in [0.25, 0.3) is 5.91 Å². The molecule has 3 atom stereocenters. The quantitative estimate of drug-likeness (QED) is 0.463. The molecule has 2 fully saturated rings. The minimum Gasteiger partial charge on any atom is -0.493 e. The van der Waals surface area contributed by atoms with Crippen molar-refractivity contribution in [1.82, 2.24) is 14.8 Å². The largest absolute Gasteiger partial charge is 0.493 e. The van der Waals surface area contributed by atoms with Crippen molar-refractivity contribution in [2.24, 2.45) is 5.92 Å². The van der Waals surface area contributed by atoms with Gasteiger partial charge in [-0.25, -0.2) is 0 Å².